The Kier molecular flexibility index (Phi) is 4.86. The number of pyridine rings is 1. The Balaban J connectivity index is 1.48. The van der Waals surface area contributed by atoms with Crippen LogP contribution in [0.5, 0.6) is 0 Å². The van der Waals surface area contributed by atoms with Crippen molar-refractivity contribution < 1.29 is 4.79 Å². The van der Waals surface area contributed by atoms with E-state index in [0.29, 0.717) is 12.2 Å². The van der Waals surface area contributed by atoms with E-state index >= 15 is 0 Å². The molecule has 3 aromatic heterocycles. The zero-order chi connectivity index (χ0) is 17.8. The lowest BCUT2D eigenvalue weighted by molar-refractivity contribution is 0.0946. The van der Waals surface area contributed by atoms with Crippen LogP contribution in [0.4, 0.5) is 0 Å². The lowest BCUT2D eigenvalue weighted by Gasteiger charge is -2.08. The number of benzene rings is 1. The summed E-state index contributed by atoms with van der Waals surface area (Å²) in [6.45, 7) is 0.413. The molecule has 4 rings (SSSR count). The molecule has 4 aromatic rings. The van der Waals surface area contributed by atoms with Crippen molar-refractivity contribution in [1.82, 2.24) is 15.3 Å². The molecule has 26 heavy (non-hydrogen) atoms. The molecule has 0 atom stereocenters. The van der Waals surface area contributed by atoms with Crippen molar-refractivity contribution in [3.05, 3.63) is 82.1 Å². The molecular formula is C20H15N3OS2. The number of hydrogen-bond acceptors (Lipinski definition) is 5. The Morgan fingerprint density at radius 1 is 1.00 bits per heavy atom. The lowest BCUT2D eigenvalue weighted by atomic mass is 10.1. The summed E-state index contributed by atoms with van der Waals surface area (Å²) in [7, 11) is 0. The van der Waals surface area contributed by atoms with Crippen molar-refractivity contribution in [3.63, 3.8) is 0 Å². The third-order valence-electron chi connectivity index (χ3n) is 3.88. The predicted octanol–water partition coefficient (Wildman–Crippen LogP) is 4.86. The van der Waals surface area contributed by atoms with Gasteiger partial charge in [0.1, 0.15) is 10.7 Å². The maximum Gasteiger partial charge on any atom is 0.271 e. The quantitative estimate of drug-likeness (QED) is 0.540. The van der Waals surface area contributed by atoms with Crippen molar-refractivity contribution in [3.8, 4) is 21.8 Å². The molecule has 4 nitrogen and oxygen atoms in total. The average molecular weight is 377 g/mol. The summed E-state index contributed by atoms with van der Waals surface area (Å²) < 4.78 is 0. The Bertz CT molecular complexity index is 1010. The first-order chi connectivity index (χ1) is 12.8. The minimum atomic E-state index is -0.177. The van der Waals surface area contributed by atoms with E-state index in [1.807, 2.05) is 53.9 Å². The number of amides is 1. The molecule has 0 radical (unpaired) electrons. The number of thiazole rings is 1. The third kappa shape index (κ3) is 3.56. The first kappa shape index (κ1) is 16.6. The van der Waals surface area contributed by atoms with Gasteiger partial charge in [0.15, 0.2) is 0 Å². The molecule has 0 saturated carbocycles. The lowest BCUT2D eigenvalue weighted by Crippen LogP contribution is -2.23. The van der Waals surface area contributed by atoms with E-state index in [1.54, 1.807) is 22.9 Å². The average Bonchev–Trinajstić information content (AvgIpc) is 3.39. The van der Waals surface area contributed by atoms with E-state index < -0.39 is 0 Å². The fourth-order valence-electron chi connectivity index (χ4n) is 2.60. The van der Waals surface area contributed by atoms with Gasteiger partial charge in [-0.3, -0.25) is 9.78 Å². The standard InChI is InChI=1S/C20H15N3OS2/c24-19(17-13-26-20(23-17)14-5-2-1-3-6-14)22-11-15-7-4-9-21-18(15)16-8-10-25-12-16/h1-10,12-13H,11H2,(H,22,24). The zero-order valence-corrected chi connectivity index (χ0v) is 15.4. The molecule has 0 unspecified atom stereocenters. The van der Waals surface area contributed by atoms with E-state index in [0.717, 1.165) is 27.4 Å². The zero-order valence-electron chi connectivity index (χ0n) is 13.8. The van der Waals surface area contributed by atoms with Crippen LogP contribution in [0.1, 0.15) is 16.1 Å². The van der Waals surface area contributed by atoms with E-state index in [9.17, 15) is 4.79 Å². The van der Waals surface area contributed by atoms with Gasteiger partial charge >= 0.3 is 0 Å². The number of thiophene rings is 1. The number of nitrogens with one attached hydrogen (secondary N) is 1. The molecule has 0 spiro atoms. The van der Waals surface area contributed by atoms with Gasteiger partial charge in [-0.2, -0.15) is 11.3 Å². The van der Waals surface area contributed by atoms with Gasteiger partial charge in [-0.15, -0.1) is 11.3 Å². The number of hydrogen-bond donors (Lipinski definition) is 1. The molecule has 6 heteroatoms. The smallest absolute Gasteiger partial charge is 0.271 e. The van der Waals surface area contributed by atoms with E-state index in [1.165, 1.54) is 11.3 Å². The molecule has 1 N–H and O–H groups in total. The summed E-state index contributed by atoms with van der Waals surface area (Å²) in [5.74, 6) is -0.177. The highest BCUT2D eigenvalue weighted by molar-refractivity contribution is 7.13. The SMILES string of the molecule is O=C(NCc1cccnc1-c1ccsc1)c1csc(-c2ccccc2)n1. The van der Waals surface area contributed by atoms with Crippen molar-refractivity contribution in [2.24, 2.45) is 0 Å². The summed E-state index contributed by atoms with van der Waals surface area (Å²) in [5, 5.41) is 9.66. The Morgan fingerprint density at radius 3 is 2.69 bits per heavy atom. The van der Waals surface area contributed by atoms with Crippen molar-refractivity contribution in [1.29, 1.82) is 0 Å². The monoisotopic (exact) mass is 377 g/mol. The van der Waals surface area contributed by atoms with Crippen LogP contribution in [0.3, 0.4) is 0 Å². The summed E-state index contributed by atoms with van der Waals surface area (Å²) >= 11 is 3.10. The van der Waals surface area contributed by atoms with Gasteiger partial charge in [0.25, 0.3) is 5.91 Å². The van der Waals surface area contributed by atoms with Gasteiger partial charge in [-0.25, -0.2) is 4.98 Å². The second-order valence-electron chi connectivity index (χ2n) is 5.61. The first-order valence-electron chi connectivity index (χ1n) is 8.07. The number of carbonyl (C=O) groups is 1. The minimum Gasteiger partial charge on any atom is -0.347 e. The molecule has 0 saturated heterocycles. The predicted molar refractivity (Wildman–Crippen MR) is 106 cm³/mol. The van der Waals surface area contributed by atoms with Crippen LogP contribution in [0.25, 0.3) is 21.8 Å². The molecular weight excluding hydrogens is 362 g/mol. The second kappa shape index (κ2) is 7.59. The van der Waals surface area contributed by atoms with Crippen LogP contribution in [-0.2, 0) is 6.54 Å². The van der Waals surface area contributed by atoms with Crippen molar-refractivity contribution >= 4 is 28.6 Å². The molecule has 0 aliphatic rings. The van der Waals surface area contributed by atoms with Gasteiger partial charge in [-0.1, -0.05) is 36.4 Å². The highest BCUT2D eigenvalue weighted by atomic mass is 32.1. The number of rotatable bonds is 5. The Morgan fingerprint density at radius 2 is 1.88 bits per heavy atom. The second-order valence-corrected chi connectivity index (χ2v) is 7.25. The van der Waals surface area contributed by atoms with Crippen molar-refractivity contribution in [2.45, 2.75) is 6.54 Å². The third-order valence-corrected chi connectivity index (χ3v) is 5.46. The van der Waals surface area contributed by atoms with Crippen molar-refractivity contribution in [2.75, 3.05) is 0 Å². The summed E-state index contributed by atoms with van der Waals surface area (Å²) in [5.41, 5.74) is 4.41. The molecule has 0 aliphatic heterocycles. The number of carbonyl (C=O) groups excluding carboxylic acids is 1. The van der Waals surface area contributed by atoms with Gasteiger partial charge in [0.05, 0.1) is 5.69 Å². The highest BCUT2D eigenvalue weighted by Gasteiger charge is 2.13. The maximum atomic E-state index is 12.5. The van der Waals surface area contributed by atoms with Crippen LogP contribution in [0.15, 0.2) is 70.9 Å². The van der Waals surface area contributed by atoms with Gasteiger partial charge in [0, 0.05) is 34.6 Å². The Hall–Kier alpha value is -2.83. The number of nitrogens with zero attached hydrogens (tertiary/aromatic N) is 2. The topological polar surface area (TPSA) is 54.9 Å². The first-order valence-corrected chi connectivity index (χ1v) is 9.89. The molecule has 0 fully saturated rings. The number of aromatic nitrogens is 2. The molecule has 1 amide bonds. The molecule has 0 bridgehead atoms. The van der Waals surface area contributed by atoms with Gasteiger partial charge in [-0.05, 0) is 23.1 Å². The normalized spacial score (nSPS) is 10.6. The van der Waals surface area contributed by atoms with Crippen LogP contribution in [0, 0.1) is 0 Å². The Labute approximate surface area is 159 Å². The van der Waals surface area contributed by atoms with Crippen LogP contribution < -0.4 is 5.32 Å². The molecule has 0 aliphatic carbocycles. The summed E-state index contributed by atoms with van der Waals surface area (Å²) in [6.07, 6.45) is 1.77. The molecule has 128 valence electrons. The van der Waals surface area contributed by atoms with E-state index in [4.69, 9.17) is 0 Å². The van der Waals surface area contributed by atoms with Crippen LogP contribution in [0.2, 0.25) is 0 Å². The van der Waals surface area contributed by atoms with Crippen LogP contribution in [-0.4, -0.2) is 15.9 Å². The van der Waals surface area contributed by atoms with Gasteiger partial charge < -0.3 is 5.32 Å². The fourth-order valence-corrected chi connectivity index (χ4v) is 4.04. The van der Waals surface area contributed by atoms with E-state index in [2.05, 4.69) is 20.7 Å². The van der Waals surface area contributed by atoms with E-state index in [-0.39, 0.29) is 5.91 Å². The highest BCUT2D eigenvalue weighted by Crippen LogP contribution is 2.25. The molecule has 3 heterocycles. The summed E-state index contributed by atoms with van der Waals surface area (Å²) in [6, 6.07) is 15.8. The largest absolute Gasteiger partial charge is 0.347 e. The van der Waals surface area contributed by atoms with Gasteiger partial charge in [0.2, 0.25) is 0 Å². The fraction of sp³-hybridized carbons (Fsp3) is 0.0500. The molecule has 1 aromatic carbocycles. The van der Waals surface area contributed by atoms with Crippen LogP contribution >= 0.6 is 22.7 Å². The minimum absolute atomic E-state index is 0.177. The maximum absolute atomic E-state index is 12.5. The summed E-state index contributed by atoms with van der Waals surface area (Å²) in [4.78, 5) is 21.4.